The van der Waals surface area contributed by atoms with Gasteiger partial charge in [-0.3, -0.25) is 14.9 Å². The molecule has 0 atom stereocenters. The highest BCUT2D eigenvalue weighted by molar-refractivity contribution is 7.10. The second-order valence-electron chi connectivity index (χ2n) is 4.42. The normalized spacial score (nSPS) is 10.2. The summed E-state index contributed by atoms with van der Waals surface area (Å²) in [7, 11) is 1.56. The maximum atomic E-state index is 12.2. The van der Waals surface area contributed by atoms with Crippen molar-refractivity contribution in [2.24, 2.45) is 0 Å². The van der Waals surface area contributed by atoms with Gasteiger partial charge in [0, 0.05) is 18.0 Å². The van der Waals surface area contributed by atoms with Crippen LogP contribution in [-0.2, 0) is 6.54 Å². The summed E-state index contributed by atoms with van der Waals surface area (Å²) in [5.41, 5.74) is 1.49. The summed E-state index contributed by atoms with van der Waals surface area (Å²) in [6, 6.07) is 6.42. The van der Waals surface area contributed by atoms with E-state index >= 15 is 0 Å². The first-order chi connectivity index (χ1) is 10.0. The third-order valence-corrected chi connectivity index (χ3v) is 4.13. The first-order valence-electron chi connectivity index (χ1n) is 6.31. The van der Waals surface area contributed by atoms with Crippen molar-refractivity contribution in [2.45, 2.75) is 13.5 Å². The van der Waals surface area contributed by atoms with Crippen LogP contribution in [0, 0.1) is 17.0 Å². The maximum Gasteiger partial charge on any atom is 0.293 e. The Morgan fingerprint density at radius 3 is 2.71 bits per heavy atom. The second kappa shape index (κ2) is 6.36. The molecule has 2 N–H and O–H groups in total. The minimum absolute atomic E-state index is 0.113. The molecule has 0 saturated carbocycles. The number of carbonyl (C=O) groups excluding carboxylic acids is 1. The van der Waals surface area contributed by atoms with Crippen molar-refractivity contribution in [3.8, 4) is 0 Å². The Bertz CT molecular complexity index is 682. The molecule has 0 saturated heterocycles. The number of nitrogens with zero attached hydrogens (tertiary/aromatic N) is 1. The van der Waals surface area contributed by atoms with Crippen molar-refractivity contribution >= 4 is 28.6 Å². The molecule has 1 aromatic carbocycles. The van der Waals surface area contributed by atoms with E-state index in [1.807, 2.05) is 18.4 Å². The minimum atomic E-state index is -0.508. The highest BCUT2D eigenvalue weighted by Crippen LogP contribution is 2.27. The molecule has 0 radical (unpaired) electrons. The van der Waals surface area contributed by atoms with E-state index in [1.165, 1.54) is 12.1 Å². The maximum absolute atomic E-state index is 12.2. The van der Waals surface area contributed by atoms with E-state index in [0.717, 1.165) is 10.4 Å². The first kappa shape index (κ1) is 15.0. The van der Waals surface area contributed by atoms with E-state index in [-0.39, 0.29) is 22.8 Å². The lowest BCUT2D eigenvalue weighted by Gasteiger charge is -2.10. The minimum Gasteiger partial charge on any atom is -0.382 e. The molecule has 0 aliphatic heterocycles. The molecule has 2 aromatic rings. The number of nitrogens with one attached hydrogen (secondary N) is 2. The van der Waals surface area contributed by atoms with Gasteiger partial charge in [0.05, 0.1) is 17.0 Å². The summed E-state index contributed by atoms with van der Waals surface area (Å²) in [4.78, 5) is 23.8. The van der Waals surface area contributed by atoms with Crippen molar-refractivity contribution in [1.29, 1.82) is 0 Å². The van der Waals surface area contributed by atoms with Gasteiger partial charge in [0.2, 0.25) is 0 Å². The molecule has 0 spiro atoms. The zero-order chi connectivity index (χ0) is 15.4. The van der Waals surface area contributed by atoms with Crippen LogP contribution >= 0.6 is 11.3 Å². The van der Waals surface area contributed by atoms with Crippen LogP contribution in [0.1, 0.15) is 20.8 Å². The number of benzene rings is 1. The summed E-state index contributed by atoms with van der Waals surface area (Å²) in [6.07, 6.45) is 0. The number of amides is 1. The summed E-state index contributed by atoms with van der Waals surface area (Å²) < 4.78 is 0. The van der Waals surface area contributed by atoms with Gasteiger partial charge in [-0.15, -0.1) is 11.3 Å². The lowest BCUT2D eigenvalue weighted by molar-refractivity contribution is -0.384. The number of thiophene rings is 1. The highest BCUT2D eigenvalue weighted by Gasteiger charge is 2.20. The summed E-state index contributed by atoms with van der Waals surface area (Å²) >= 11 is 1.57. The van der Waals surface area contributed by atoms with Crippen molar-refractivity contribution in [1.82, 2.24) is 5.32 Å². The second-order valence-corrected chi connectivity index (χ2v) is 5.42. The fourth-order valence-corrected chi connectivity index (χ4v) is 2.83. The number of hydrogen-bond donors (Lipinski definition) is 2. The number of para-hydroxylation sites is 1. The van der Waals surface area contributed by atoms with Gasteiger partial charge >= 0.3 is 0 Å². The van der Waals surface area contributed by atoms with Crippen LogP contribution in [0.2, 0.25) is 0 Å². The van der Waals surface area contributed by atoms with Gasteiger partial charge in [-0.25, -0.2) is 0 Å². The van der Waals surface area contributed by atoms with E-state index in [2.05, 4.69) is 10.6 Å². The summed E-state index contributed by atoms with van der Waals surface area (Å²) in [5.74, 6) is -0.337. The summed E-state index contributed by atoms with van der Waals surface area (Å²) in [6.45, 7) is 2.39. The van der Waals surface area contributed by atoms with Gasteiger partial charge in [0.1, 0.15) is 5.69 Å². The van der Waals surface area contributed by atoms with Crippen LogP contribution in [0.5, 0.6) is 0 Å². The predicted molar refractivity (Wildman–Crippen MR) is 82.9 cm³/mol. The molecule has 0 unspecified atom stereocenters. The SMILES string of the molecule is CNc1c(C(=O)NCc2sccc2C)cccc1[N+](=O)[O-]. The van der Waals surface area contributed by atoms with E-state index in [4.69, 9.17) is 0 Å². The fourth-order valence-electron chi connectivity index (χ4n) is 1.99. The van der Waals surface area contributed by atoms with Crippen LogP contribution in [0.25, 0.3) is 0 Å². The quantitative estimate of drug-likeness (QED) is 0.657. The number of rotatable bonds is 5. The van der Waals surface area contributed by atoms with Gasteiger partial charge in [-0.05, 0) is 30.0 Å². The lowest BCUT2D eigenvalue weighted by atomic mass is 10.1. The number of hydrogen-bond acceptors (Lipinski definition) is 5. The first-order valence-corrected chi connectivity index (χ1v) is 7.19. The molecule has 21 heavy (non-hydrogen) atoms. The van der Waals surface area contributed by atoms with E-state index in [9.17, 15) is 14.9 Å². The van der Waals surface area contributed by atoms with Crippen molar-refractivity contribution in [2.75, 3.05) is 12.4 Å². The molecule has 6 nitrogen and oxygen atoms in total. The van der Waals surface area contributed by atoms with Gasteiger partial charge in [0.15, 0.2) is 0 Å². The third-order valence-electron chi connectivity index (χ3n) is 3.11. The van der Waals surface area contributed by atoms with Crippen molar-refractivity contribution in [3.05, 3.63) is 55.8 Å². The number of carbonyl (C=O) groups is 1. The van der Waals surface area contributed by atoms with Crippen LogP contribution in [0.3, 0.4) is 0 Å². The largest absolute Gasteiger partial charge is 0.382 e. The Morgan fingerprint density at radius 2 is 2.14 bits per heavy atom. The van der Waals surface area contributed by atoms with Crippen molar-refractivity contribution < 1.29 is 9.72 Å². The molecule has 7 heteroatoms. The molecular weight excluding hydrogens is 290 g/mol. The zero-order valence-corrected chi connectivity index (χ0v) is 12.5. The van der Waals surface area contributed by atoms with E-state index < -0.39 is 4.92 Å². The van der Waals surface area contributed by atoms with E-state index in [1.54, 1.807) is 24.5 Å². The summed E-state index contributed by atoms with van der Waals surface area (Å²) in [5, 5.41) is 18.5. The zero-order valence-electron chi connectivity index (χ0n) is 11.7. The number of anilines is 1. The Morgan fingerprint density at radius 1 is 1.38 bits per heavy atom. The molecule has 110 valence electrons. The van der Waals surface area contributed by atoms with Gasteiger partial charge in [0.25, 0.3) is 11.6 Å². The van der Waals surface area contributed by atoms with E-state index in [0.29, 0.717) is 6.54 Å². The smallest absolute Gasteiger partial charge is 0.293 e. The predicted octanol–water partition coefficient (Wildman–Crippen LogP) is 2.94. The lowest BCUT2D eigenvalue weighted by Crippen LogP contribution is -2.23. The molecule has 1 aromatic heterocycles. The number of nitro benzene ring substituents is 1. The average molecular weight is 305 g/mol. The Balaban J connectivity index is 2.21. The molecule has 1 heterocycles. The molecule has 0 aliphatic carbocycles. The third kappa shape index (κ3) is 3.19. The van der Waals surface area contributed by atoms with Crippen LogP contribution in [0.15, 0.2) is 29.6 Å². The Hall–Kier alpha value is -2.41. The van der Waals surface area contributed by atoms with Crippen LogP contribution < -0.4 is 10.6 Å². The molecule has 1 amide bonds. The van der Waals surface area contributed by atoms with Gasteiger partial charge < -0.3 is 10.6 Å². The number of aryl methyl sites for hydroxylation is 1. The Kier molecular flexibility index (Phi) is 4.54. The topological polar surface area (TPSA) is 84.3 Å². The fraction of sp³-hybridized carbons (Fsp3) is 0.214. The highest BCUT2D eigenvalue weighted by atomic mass is 32.1. The molecule has 0 fully saturated rings. The Labute approximate surface area is 126 Å². The van der Waals surface area contributed by atoms with Crippen molar-refractivity contribution in [3.63, 3.8) is 0 Å². The average Bonchev–Trinajstić information content (AvgIpc) is 2.89. The molecule has 0 aliphatic rings. The van der Waals surface area contributed by atoms with Crippen LogP contribution in [0.4, 0.5) is 11.4 Å². The number of nitro groups is 1. The molecule has 0 bridgehead atoms. The monoisotopic (exact) mass is 305 g/mol. The van der Waals surface area contributed by atoms with Gasteiger partial charge in [-0.2, -0.15) is 0 Å². The standard InChI is InChI=1S/C14H15N3O3S/c1-9-6-7-21-12(9)8-16-14(18)10-4-3-5-11(17(19)20)13(10)15-2/h3-7,15H,8H2,1-2H3,(H,16,18). The molecular formula is C14H15N3O3S. The van der Waals surface area contributed by atoms with Crippen LogP contribution in [-0.4, -0.2) is 17.9 Å². The van der Waals surface area contributed by atoms with Gasteiger partial charge in [-0.1, -0.05) is 6.07 Å². The molecule has 2 rings (SSSR count).